The highest BCUT2D eigenvalue weighted by Crippen LogP contribution is 2.32. The third-order valence-corrected chi connectivity index (χ3v) is 5.88. The molecule has 1 atom stereocenters. The number of hydrogen-bond donors (Lipinski definition) is 1. The average Bonchev–Trinajstić information content (AvgIpc) is 3.20. The van der Waals surface area contributed by atoms with Crippen molar-refractivity contribution >= 4 is 5.91 Å². The van der Waals surface area contributed by atoms with Gasteiger partial charge in [0.2, 0.25) is 0 Å². The maximum Gasteiger partial charge on any atom is 0.251 e. The van der Waals surface area contributed by atoms with E-state index in [2.05, 4.69) is 55.3 Å². The molecule has 0 unspecified atom stereocenters. The molecule has 1 heterocycles. The van der Waals surface area contributed by atoms with E-state index in [4.69, 9.17) is 4.74 Å². The number of ether oxygens (including phenoxy) is 1. The Kier molecular flexibility index (Phi) is 6.96. The van der Waals surface area contributed by atoms with Crippen LogP contribution < -0.4 is 10.1 Å². The number of aryl methyl sites for hydroxylation is 1. The third kappa shape index (κ3) is 5.18. The molecule has 1 saturated heterocycles. The summed E-state index contributed by atoms with van der Waals surface area (Å²) in [5.41, 5.74) is 5.40. The predicted molar refractivity (Wildman–Crippen MR) is 119 cm³/mol. The Hall–Kier alpha value is -2.33. The predicted octanol–water partition coefficient (Wildman–Crippen LogP) is 5.21. The molecule has 2 aromatic rings. The largest absolute Gasteiger partial charge is 0.496 e. The van der Waals surface area contributed by atoms with Crippen molar-refractivity contribution in [1.29, 1.82) is 0 Å². The van der Waals surface area contributed by atoms with Gasteiger partial charge in [0.25, 0.3) is 5.91 Å². The van der Waals surface area contributed by atoms with E-state index in [1.807, 2.05) is 19.1 Å². The topological polar surface area (TPSA) is 41.6 Å². The number of rotatable bonds is 7. The van der Waals surface area contributed by atoms with Gasteiger partial charge in [-0.15, -0.1) is 0 Å². The number of hydrogen-bond acceptors (Lipinski definition) is 3. The van der Waals surface area contributed by atoms with Crippen LogP contribution in [0.1, 0.15) is 78.2 Å². The van der Waals surface area contributed by atoms with Crippen molar-refractivity contribution in [1.82, 2.24) is 10.2 Å². The van der Waals surface area contributed by atoms with Gasteiger partial charge in [0.15, 0.2) is 0 Å². The first-order valence-corrected chi connectivity index (χ1v) is 10.7. The van der Waals surface area contributed by atoms with Gasteiger partial charge in [-0.05, 0) is 92.2 Å². The molecule has 1 amide bonds. The number of carbonyl (C=O) groups excluding carboxylic acids is 1. The molecule has 2 aromatic carbocycles. The van der Waals surface area contributed by atoms with E-state index < -0.39 is 0 Å². The summed E-state index contributed by atoms with van der Waals surface area (Å²) >= 11 is 0. The molecule has 1 N–H and O–H groups in total. The van der Waals surface area contributed by atoms with Gasteiger partial charge in [0.1, 0.15) is 5.75 Å². The Morgan fingerprint density at radius 2 is 1.72 bits per heavy atom. The second-order valence-electron chi connectivity index (χ2n) is 8.48. The van der Waals surface area contributed by atoms with Gasteiger partial charge in [0, 0.05) is 12.1 Å². The summed E-state index contributed by atoms with van der Waals surface area (Å²) in [6.07, 6.45) is 2.59. The molecule has 1 aliphatic heterocycles. The fraction of sp³-hybridized carbons (Fsp3) is 0.480. The molecule has 0 aromatic heterocycles. The number of carbonyl (C=O) groups is 1. The van der Waals surface area contributed by atoms with Crippen LogP contribution in [0.3, 0.4) is 0 Å². The minimum Gasteiger partial charge on any atom is -0.496 e. The van der Waals surface area contributed by atoms with Gasteiger partial charge >= 0.3 is 0 Å². The Bertz CT molecular complexity index is 837. The van der Waals surface area contributed by atoms with E-state index in [1.54, 1.807) is 7.11 Å². The molecule has 0 radical (unpaired) electrons. The van der Waals surface area contributed by atoms with Crippen molar-refractivity contribution in [3.63, 3.8) is 0 Å². The molecule has 0 aliphatic carbocycles. The first-order chi connectivity index (χ1) is 13.9. The molecule has 29 heavy (non-hydrogen) atoms. The van der Waals surface area contributed by atoms with E-state index in [0.717, 1.165) is 23.4 Å². The molecule has 0 spiro atoms. The number of nitrogens with zero attached hydrogens (tertiary/aromatic N) is 1. The van der Waals surface area contributed by atoms with Crippen LogP contribution in [-0.2, 0) is 6.54 Å². The number of nitrogens with one attached hydrogen (secondary N) is 1. The van der Waals surface area contributed by atoms with Gasteiger partial charge in [-0.25, -0.2) is 0 Å². The summed E-state index contributed by atoms with van der Waals surface area (Å²) in [4.78, 5) is 15.3. The normalized spacial score (nSPS) is 15.5. The Morgan fingerprint density at radius 1 is 1.07 bits per heavy atom. The lowest BCUT2D eigenvalue weighted by Crippen LogP contribution is -2.27. The van der Waals surface area contributed by atoms with Crippen LogP contribution >= 0.6 is 0 Å². The van der Waals surface area contributed by atoms with Gasteiger partial charge in [-0.3, -0.25) is 9.69 Å². The van der Waals surface area contributed by atoms with Gasteiger partial charge < -0.3 is 10.1 Å². The lowest BCUT2D eigenvalue weighted by Gasteiger charge is -2.21. The zero-order valence-electron chi connectivity index (χ0n) is 18.4. The van der Waals surface area contributed by atoms with Gasteiger partial charge in [-0.2, -0.15) is 0 Å². The SMILES string of the molecule is COc1cc(C)c([C@@H](C)NC(=O)c2ccc(CN3CCCC3)cc2)cc1C(C)C. The highest BCUT2D eigenvalue weighted by molar-refractivity contribution is 5.94. The summed E-state index contributed by atoms with van der Waals surface area (Å²) in [7, 11) is 1.71. The summed E-state index contributed by atoms with van der Waals surface area (Å²) in [6, 6.07) is 12.2. The van der Waals surface area contributed by atoms with Gasteiger partial charge in [-0.1, -0.05) is 26.0 Å². The summed E-state index contributed by atoms with van der Waals surface area (Å²) in [6.45, 7) is 11.8. The summed E-state index contributed by atoms with van der Waals surface area (Å²) < 4.78 is 5.54. The summed E-state index contributed by atoms with van der Waals surface area (Å²) in [5, 5.41) is 3.16. The molecule has 0 bridgehead atoms. The molecule has 3 rings (SSSR count). The number of methoxy groups -OCH3 is 1. The first kappa shape index (κ1) is 21.4. The van der Waals surface area contributed by atoms with Crippen molar-refractivity contribution in [3.8, 4) is 5.75 Å². The molecular weight excluding hydrogens is 360 g/mol. The standard InChI is InChI=1S/C25H34N2O2/c1-17(2)22-15-23(18(3)14-24(22)29-5)19(4)26-25(28)21-10-8-20(9-11-21)16-27-12-6-7-13-27/h8-11,14-15,17,19H,6-7,12-13,16H2,1-5H3,(H,26,28)/t19-/m1/s1. The average molecular weight is 395 g/mol. The van der Waals surface area contributed by atoms with Crippen LogP contribution in [0.4, 0.5) is 0 Å². The summed E-state index contributed by atoms with van der Waals surface area (Å²) in [5.74, 6) is 1.23. The van der Waals surface area contributed by atoms with Crippen molar-refractivity contribution in [3.05, 3.63) is 64.2 Å². The Morgan fingerprint density at radius 3 is 2.31 bits per heavy atom. The van der Waals surface area contributed by atoms with E-state index in [-0.39, 0.29) is 11.9 Å². The quantitative estimate of drug-likeness (QED) is 0.700. The molecule has 4 nitrogen and oxygen atoms in total. The Labute approximate surface area is 175 Å². The second-order valence-corrected chi connectivity index (χ2v) is 8.48. The lowest BCUT2D eigenvalue weighted by molar-refractivity contribution is 0.0940. The molecule has 1 aliphatic rings. The van der Waals surface area contributed by atoms with Crippen molar-refractivity contribution in [2.75, 3.05) is 20.2 Å². The second kappa shape index (κ2) is 9.45. The van der Waals surface area contributed by atoms with Crippen LogP contribution in [0, 0.1) is 6.92 Å². The monoisotopic (exact) mass is 394 g/mol. The zero-order chi connectivity index (χ0) is 21.0. The van der Waals surface area contributed by atoms with E-state index in [0.29, 0.717) is 11.5 Å². The number of likely N-dealkylation sites (tertiary alicyclic amines) is 1. The first-order valence-electron chi connectivity index (χ1n) is 10.7. The molecular formula is C25H34N2O2. The van der Waals surface area contributed by atoms with Crippen LogP contribution in [0.25, 0.3) is 0 Å². The lowest BCUT2D eigenvalue weighted by atomic mass is 9.93. The van der Waals surface area contributed by atoms with Crippen molar-refractivity contribution in [2.45, 2.75) is 59.0 Å². The molecule has 0 saturated carbocycles. The maximum atomic E-state index is 12.8. The van der Waals surface area contributed by atoms with Crippen molar-refractivity contribution in [2.24, 2.45) is 0 Å². The van der Waals surface area contributed by atoms with E-state index in [1.165, 1.54) is 37.1 Å². The molecule has 4 heteroatoms. The fourth-order valence-corrected chi connectivity index (χ4v) is 4.13. The Balaban J connectivity index is 1.69. The number of amides is 1. The highest BCUT2D eigenvalue weighted by atomic mass is 16.5. The van der Waals surface area contributed by atoms with Crippen LogP contribution in [0.15, 0.2) is 36.4 Å². The minimum absolute atomic E-state index is 0.0356. The van der Waals surface area contributed by atoms with E-state index in [9.17, 15) is 4.79 Å². The fourth-order valence-electron chi connectivity index (χ4n) is 4.13. The van der Waals surface area contributed by atoms with E-state index >= 15 is 0 Å². The molecule has 1 fully saturated rings. The minimum atomic E-state index is -0.0739. The smallest absolute Gasteiger partial charge is 0.251 e. The third-order valence-electron chi connectivity index (χ3n) is 5.88. The highest BCUT2D eigenvalue weighted by Gasteiger charge is 2.18. The van der Waals surface area contributed by atoms with Crippen molar-refractivity contribution < 1.29 is 9.53 Å². The van der Waals surface area contributed by atoms with Crippen LogP contribution in [0.5, 0.6) is 5.75 Å². The number of benzene rings is 2. The molecule has 156 valence electrons. The zero-order valence-corrected chi connectivity index (χ0v) is 18.4. The van der Waals surface area contributed by atoms with Crippen LogP contribution in [0.2, 0.25) is 0 Å². The van der Waals surface area contributed by atoms with Gasteiger partial charge in [0.05, 0.1) is 13.2 Å². The maximum absolute atomic E-state index is 12.8. The van der Waals surface area contributed by atoms with Crippen LogP contribution in [-0.4, -0.2) is 31.0 Å².